The molecule has 1 N–H and O–H groups in total. The topological polar surface area (TPSA) is 42.0 Å². The van der Waals surface area contributed by atoms with Gasteiger partial charge in [0.2, 0.25) is 0 Å². The van der Waals surface area contributed by atoms with Gasteiger partial charge in [0.05, 0.1) is 16.3 Å². The molecule has 3 nitrogen and oxygen atoms in total. The van der Waals surface area contributed by atoms with E-state index in [0.29, 0.717) is 6.04 Å². The van der Waals surface area contributed by atoms with Gasteiger partial charge in [0.1, 0.15) is 0 Å². The predicted octanol–water partition coefficient (Wildman–Crippen LogP) is 4.37. The van der Waals surface area contributed by atoms with Crippen molar-refractivity contribution in [2.75, 3.05) is 11.5 Å². The third-order valence-electron chi connectivity index (χ3n) is 3.73. The number of thioether (sulfide) groups is 2. The Bertz CT molecular complexity index is 665. The average molecular weight is 365 g/mol. The van der Waals surface area contributed by atoms with Crippen LogP contribution in [0.15, 0.2) is 34.5 Å². The molecular weight excluding hydrogens is 344 g/mol. The lowest BCUT2D eigenvalue weighted by molar-refractivity contribution is 0.0932. The van der Waals surface area contributed by atoms with Crippen LogP contribution in [0.5, 0.6) is 0 Å². The zero-order valence-electron chi connectivity index (χ0n) is 13.1. The summed E-state index contributed by atoms with van der Waals surface area (Å²) < 4.78 is 0. The first-order valence-electron chi connectivity index (χ1n) is 7.74. The van der Waals surface area contributed by atoms with Crippen molar-refractivity contribution in [2.45, 2.75) is 36.5 Å². The maximum Gasteiger partial charge on any atom is 0.252 e. The summed E-state index contributed by atoms with van der Waals surface area (Å²) >= 11 is 5.32. The number of thiazole rings is 1. The number of nitrogens with zero attached hydrogens (tertiary/aromatic N) is 1. The Morgan fingerprint density at radius 1 is 1.35 bits per heavy atom. The van der Waals surface area contributed by atoms with Gasteiger partial charge in [-0.3, -0.25) is 4.79 Å². The lowest BCUT2D eigenvalue weighted by atomic mass is 10.1. The van der Waals surface area contributed by atoms with Gasteiger partial charge in [-0.15, -0.1) is 23.1 Å². The van der Waals surface area contributed by atoms with E-state index in [1.54, 1.807) is 23.1 Å². The lowest BCUT2D eigenvalue weighted by Crippen LogP contribution is -2.37. The average Bonchev–Trinajstić information content (AvgIpc) is 2.99. The number of aryl methyl sites for hydroxylation is 1. The molecule has 2 heterocycles. The Kier molecular flexibility index (Phi) is 6.02. The summed E-state index contributed by atoms with van der Waals surface area (Å²) in [5.74, 6) is 3.14. The number of benzene rings is 1. The molecule has 1 aliphatic heterocycles. The van der Waals surface area contributed by atoms with Gasteiger partial charge in [0.15, 0.2) is 0 Å². The smallest absolute Gasteiger partial charge is 0.252 e. The molecule has 1 amide bonds. The van der Waals surface area contributed by atoms with Crippen LogP contribution in [0.1, 0.15) is 33.9 Å². The van der Waals surface area contributed by atoms with E-state index in [9.17, 15) is 4.79 Å². The minimum Gasteiger partial charge on any atom is -0.349 e. The molecule has 1 aromatic heterocycles. The molecule has 1 fully saturated rings. The summed E-state index contributed by atoms with van der Waals surface area (Å²) in [6.07, 6.45) is 2.15. The van der Waals surface area contributed by atoms with Crippen LogP contribution in [-0.4, -0.2) is 28.4 Å². The summed E-state index contributed by atoms with van der Waals surface area (Å²) in [5.41, 5.74) is 1.86. The van der Waals surface area contributed by atoms with Gasteiger partial charge in [-0.05, 0) is 43.4 Å². The number of nitrogens with one attached hydrogen (secondary N) is 1. The molecule has 6 heteroatoms. The fraction of sp³-hybridized carbons (Fsp3) is 0.412. The van der Waals surface area contributed by atoms with E-state index in [1.807, 2.05) is 43.0 Å². The normalized spacial score (nSPS) is 15.5. The van der Waals surface area contributed by atoms with Gasteiger partial charge in [-0.2, -0.15) is 11.8 Å². The van der Waals surface area contributed by atoms with Crippen molar-refractivity contribution < 1.29 is 4.79 Å². The van der Waals surface area contributed by atoms with Crippen LogP contribution in [0.25, 0.3) is 0 Å². The third kappa shape index (κ3) is 4.75. The summed E-state index contributed by atoms with van der Waals surface area (Å²) in [6.45, 7) is 2.02. The molecule has 0 bridgehead atoms. The molecule has 0 spiro atoms. The molecule has 122 valence electrons. The van der Waals surface area contributed by atoms with Gasteiger partial charge >= 0.3 is 0 Å². The van der Waals surface area contributed by atoms with Crippen LogP contribution in [-0.2, 0) is 5.75 Å². The largest absolute Gasteiger partial charge is 0.349 e. The number of aromatic nitrogens is 1. The highest BCUT2D eigenvalue weighted by Crippen LogP contribution is 2.27. The van der Waals surface area contributed by atoms with E-state index >= 15 is 0 Å². The van der Waals surface area contributed by atoms with Crippen molar-refractivity contribution in [1.29, 1.82) is 0 Å². The van der Waals surface area contributed by atoms with Gasteiger partial charge in [0.25, 0.3) is 5.91 Å². The number of amides is 1. The van der Waals surface area contributed by atoms with Crippen molar-refractivity contribution in [2.24, 2.45) is 0 Å². The van der Waals surface area contributed by atoms with E-state index in [1.165, 1.54) is 0 Å². The fourth-order valence-electron chi connectivity index (χ4n) is 2.51. The first-order valence-corrected chi connectivity index (χ1v) is 10.8. The highest BCUT2D eigenvalue weighted by atomic mass is 32.2. The first kappa shape index (κ1) is 16.9. The zero-order chi connectivity index (χ0) is 16.1. The lowest BCUT2D eigenvalue weighted by Gasteiger charge is -2.23. The molecular formula is C17H20N2OS3. The van der Waals surface area contributed by atoms with E-state index in [0.717, 1.165) is 51.3 Å². The van der Waals surface area contributed by atoms with E-state index in [2.05, 4.69) is 15.7 Å². The van der Waals surface area contributed by atoms with Crippen LogP contribution >= 0.6 is 34.9 Å². The van der Waals surface area contributed by atoms with Gasteiger partial charge in [0, 0.05) is 22.1 Å². The fourth-order valence-corrected chi connectivity index (χ4v) is 5.28. The van der Waals surface area contributed by atoms with Crippen molar-refractivity contribution in [3.63, 3.8) is 0 Å². The van der Waals surface area contributed by atoms with Crippen molar-refractivity contribution >= 4 is 40.8 Å². The van der Waals surface area contributed by atoms with Crippen molar-refractivity contribution in [3.8, 4) is 0 Å². The standard InChI is InChI=1S/C17H20N2OS3/c1-12-18-14(10-22-12)11-23-16-5-3-2-4-15(16)17(20)19-13-6-8-21-9-7-13/h2-5,10,13H,6-9,11H2,1H3,(H,19,20). The van der Waals surface area contributed by atoms with Crippen molar-refractivity contribution in [3.05, 3.63) is 45.9 Å². The van der Waals surface area contributed by atoms with E-state index in [-0.39, 0.29) is 5.91 Å². The summed E-state index contributed by atoms with van der Waals surface area (Å²) in [5, 5.41) is 6.37. The number of carbonyl (C=O) groups is 1. The number of carbonyl (C=O) groups excluding carboxylic acids is 1. The zero-order valence-corrected chi connectivity index (χ0v) is 15.5. The molecule has 1 aromatic carbocycles. The summed E-state index contributed by atoms with van der Waals surface area (Å²) in [7, 11) is 0. The Morgan fingerprint density at radius 3 is 2.87 bits per heavy atom. The first-order chi connectivity index (χ1) is 11.2. The van der Waals surface area contributed by atoms with E-state index in [4.69, 9.17) is 0 Å². The number of hydrogen-bond acceptors (Lipinski definition) is 5. The Morgan fingerprint density at radius 2 is 2.13 bits per heavy atom. The Balaban J connectivity index is 1.65. The van der Waals surface area contributed by atoms with Crippen LogP contribution in [0.2, 0.25) is 0 Å². The van der Waals surface area contributed by atoms with Crippen LogP contribution in [0.4, 0.5) is 0 Å². The molecule has 0 saturated carbocycles. The third-order valence-corrected chi connectivity index (χ3v) is 6.71. The number of rotatable bonds is 5. The molecule has 0 aliphatic carbocycles. The van der Waals surface area contributed by atoms with Gasteiger partial charge in [-0.1, -0.05) is 12.1 Å². The van der Waals surface area contributed by atoms with Crippen LogP contribution in [0, 0.1) is 6.92 Å². The number of hydrogen-bond donors (Lipinski definition) is 1. The Labute approximate surface area is 149 Å². The summed E-state index contributed by atoms with van der Waals surface area (Å²) in [4.78, 5) is 18.1. The molecule has 0 radical (unpaired) electrons. The van der Waals surface area contributed by atoms with Crippen LogP contribution in [0.3, 0.4) is 0 Å². The maximum absolute atomic E-state index is 12.6. The highest BCUT2D eigenvalue weighted by Gasteiger charge is 2.18. The van der Waals surface area contributed by atoms with Gasteiger partial charge < -0.3 is 5.32 Å². The molecule has 2 aromatic rings. The Hall–Kier alpha value is -0.980. The monoisotopic (exact) mass is 364 g/mol. The second-order valence-electron chi connectivity index (χ2n) is 5.50. The highest BCUT2D eigenvalue weighted by molar-refractivity contribution is 7.99. The molecule has 0 unspecified atom stereocenters. The molecule has 23 heavy (non-hydrogen) atoms. The van der Waals surface area contributed by atoms with E-state index < -0.39 is 0 Å². The SMILES string of the molecule is Cc1nc(CSc2ccccc2C(=O)NC2CCSCC2)cs1. The van der Waals surface area contributed by atoms with Gasteiger partial charge in [-0.25, -0.2) is 4.98 Å². The molecule has 0 atom stereocenters. The molecule has 1 saturated heterocycles. The van der Waals surface area contributed by atoms with Crippen molar-refractivity contribution in [1.82, 2.24) is 10.3 Å². The molecule has 1 aliphatic rings. The minimum atomic E-state index is 0.0551. The summed E-state index contributed by atoms with van der Waals surface area (Å²) in [6, 6.07) is 8.19. The maximum atomic E-state index is 12.6. The quantitative estimate of drug-likeness (QED) is 0.800. The second-order valence-corrected chi connectivity index (χ2v) is 8.81. The second kappa shape index (κ2) is 8.22. The molecule has 3 rings (SSSR count). The predicted molar refractivity (Wildman–Crippen MR) is 101 cm³/mol. The van der Waals surface area contributed by atoms with Crippen LogP contribution < -0.4 is 5.32 Å². The minimum absolute atomic E-state index is 0.0551.